The first-order valence-electron chi connectivity index (χ1n) is 8.50. The van der Waals surface area contributed by atoms with Crippen LogP contribution < -0.4 is 5.73 Å². The van der Waals surface area contributed by atoms with Crippen LogP contribution >= 0.6 is 0 Å². The second-order valence-electron chi connectivity index (χ2n) is 6.72. The second-order valence-corrected chi connectivity index (χ2v) is 6.72. The Morgan fingerprint density at radius 3 is 2.71 bits per heavy atom. The third-order valence-electron chi connectivity index (χ3n) is 5.67. The van der Waals surface area contributed by atoms with Crippen molar-refractivity contribution >= 4 is 0 Å². The average molecular weight is 287 g/mol. The van der Waals surface area contributed by atoms with E-state index in [2.05, 4.69) is 47.1 Å². The highest BCUT2D eigenvalue weighted by molar-refractivity contribution is 5.18. The van der Waals surface area contributed by atoms with E-state index in [4.69, 9.17) is 5.73 Å². The number of fused-ring (bicyclic) bond motifs is 1. The van der Waals surface area contributed by atoms with Crippen molar-refractivity contribution in [2.24, 2.45) is 5.73 Å². The molecule has 0 aliphatic carbocycles. The highest BCUT2D eigenvalue weighted by atomic mass is 15.3. The lowest BCUT2D eigenvalue weighted by atomic mass is 9.85. The second kappa shape index (κ2) is 6.47. The molecule has 0 bridgehead atoms. The molecule has 2 unspecified atom stereocenters. The topological polar surface area (TPSA) is 32.5 Å². The predicted molar refractivity (Wildman–Crippen MR) is 88.4 cm³/mol. The van der Waals surface area contributed by atoms with Gasteiger partial charge in [-0.2, -0.15) is 0 Å². The maximum atomic E-state index is 6.28. The Balaban J connectivity index is 1.76. The molecule has 1 aromatic rings. The molecule has 3 rings (SSSR count). The van der Waals surface area contributed by atoms with Crippen LogP contribution in [-0.2, 0) is 6.42 Å². The summed E-state index contributed by atoms with van der Waals surface area (Å²) in [4.78, 5) is 5.38. The maximum absolute atomic E-state index is 6.28. The van der Waals surface area contributed by atoms with E-state index in [-0.39, 0.29) is 5.54 Å². The van der Waals surface area contributed by atoms with Crippen LogP contribution in [0.1, 0.15) is 31.7 Å². The zero-order valence-electron chi connectivity index (χ0n) is 13.3. The Hall–Kier alpha value is -0.900. The van der Waals surface area contributed by atoms with Gasteiger partial charge in [0.1, 0.15) is 0 Å². The first-order valence-corrected chi connectivity index (χ1v) is 8.50. The fraction of sp³-hybridized carbons (Fsp3) is 0.667. The van der Waals surface area contributed by atoms with Gasteiger partial charge in [-0.15, -0.1) is 0 Å². The number of nitrogens with zero attached hydrogens (tertiary/aromatic N) is 2. The molecule has 0 saturated carbocycles. The van der Waals surface area contributed by atoms with E-state index >= 15 is 0 Å². The Morgan fingerprint density at radius 2 is 2.00 bits per heavy atom. The number of nitrogens with two attached hydrogens (primary N) is 1. The van der Waals surface area contributed by atoms with Crippen LogP contribution in [0.4, 0.5) is 0 Å². The number of hydrogen-bond acceptors (Lipinski definition) is 3. The van der Waals surface area contributed by atoms with Crippen molar-refractivity contribution in [1.29, 1.82) is 0 Å². The molecule has 0 amide bonds. The lowest BCUT2D eigenvalue weighted by molar-refractivity contribution is 0.0155. The fourth-order valence-electron chi connectivity index (χ4n) is 4.20. The van der Waals surface area contributed by atoms with Gasteiger partial charge in [0.2, 0.25) is 0 Å². The highest BCUT2D eigenvalue weighted by Gasteiger charge is 2.40. The quantitative estimate of drug-likeness (QED) is 0.900. The third-order valence-corrected chi connectivity index (χ3v) is 5.67. The minimum absolute atomic E-state index is 0.135. The van der Waals surface area contributed by atoms with Crippen LogP contribution in [0.5, 0.6) is 0 Å². The number of rotatable bonds is 5. The summed E-state index contributed by atoms with van der Waals surface area (Å²) in [5.41, 5.74) is 7.83. The van der Waals surface area contributed by atoms with E-state index in [1.807, 2.05) is 0 Å². The van der Waals surface area contributed by atoms with Crippen LogP contribution in [0, 0.1) is 0 Å². The van der Waals surface area contributed by atoms with Gasteiger partial charge in [0, 0.05) is 37.8 Å². The SMILES string of the molecule is CCC(CN)(Cc1ccccc1)N1CCN2CCCC2C1. The number of hydrogen-bond donors (Lipinski definition) is 1. The van der Waals surface area contributed by atoms with Gasteiger partial charge < -0.3 is 5.73 Å². The third kappa shape index (κ3) is 3.01. The van der Waals surface area contributed by atoms with Crippen molar-refractivity contribution in [3.63, 3.8) is 0 Å². The molecule has 0 radical (unpaired) electrons. The van der Waals surface area contributed by atoms with Crippen molar-refractivity contribution in [3.05, 3.63) is 35.9 Å². The van der Waals surface area contributed by atoms with E-state index < -0.39 is 0 Å². The Bertz CT molecular complexity index is 441. The summed E-state index contributed by atoms with van der Waals surface area (Å²) in [7, 11) is 0. The molecule has 0 aromatic heterocycles. The Labute approximate surface area is 129 Å². The molecule has 21 heavy (non-hydrogen) atoms. The minimum atomic E-state index is 0.135. The van der Waals surface area contributed by atoms with Gasteiger partial charge >= 0.3 is 0 Å². The molecule has 3 nitrogen and oxygen atoms in total. The summed E-state index contributed by atoms with van der Waals surface area (Å²) in [6, 6.07) is 11.6. The standard InChI is InChI=1S/C18H29N3/c1-2-18(15-19,13-16-7-4-3-5-8-16)21-12-11-20-10-6-9-17(20)14-21/h3-5,7-8,17H,2,6,9-15,19H2,1H3. The summed E-state index contributed by atoms with van der Waals surface area (Å²) >= 11 is 0. The predicted octanol–water partition coefficient (Wildman–Crippen LogP) is 2.12. The highest BCUT2D eigenvalue weighted by Crippen LogP contribution is 2.30. The Morgan fingerprint density at radius 1 is 1.19 bits per heavy atom. The average Bonchev–Trinajstić information content (AvgIpc) is 3.01. The number of piperazine rings is 1. The largest absolute Gasteiger partial charge is 0.329 e. The fourth-order valence-corrected chi connectivity index (χ4v) is 4.20. The molecule has 2 saturated heterocycles. The van der Waals surface area contributed by atoms with E-state index in [0.29, 0.717) is 0 Å². The summed E-state index contributed by atoms with van der Waals surface area (Å²) < 4.78 is 0. The molecule has 2 heterocycles. The normalized spacial score (nSPS) is 26.5. The summed E-state index contributed by atoms with van der Waals surface area (Å²) in [5.74, 6) is 0. The monoisotopic (exact) mass is 287 g/mol. The molecule has 2 aliphatic rings. The van der Waals surface area contributed by atoms with Gasteiger partial charge in [0.25, 0.3) is 0 Å². The Kier molecular flexibility index (Phi) is 4.63. The van der Waals surface area contributed by atoms with E-state index in [9.17, 15) is 0 Å². The lowest BCUT2D eigenvalue weighted by Crippen LogP contribution is -2.62. The molecule has 0 spiro atoms. The molecule has 2 fully saturated rings. The zero-order chi connectivity index (χ0) is 14.7. The summed E-state index contributed by atoms with van der Waals surface area (Å²) in [5, 5.41) is 0. The first kappa shape index (κ1) is 15.0. The van der Waals surface area contributed by atoms with Crippen LogP contribution in [0.3, 0.4) is 0 Å². The molecule has 1 aromatic carbocycles. The van der Waals surface area contributed by atoms with Gasteiger partial charge in [-0.1, -0.05) is 37.3 Å². The van der Waals surface area contributed by atoms with Gasteiger partial charge in [-0.3, -0.25) is 9.80 Å². The zero-order valence-corrected chi connectivity index (χ0v) is 13.3. The van der Waals surface area contributed by atoms with Crippen molar-refractivity contribution < 1.29 is 0 Å². The van der Waals surface area contributed by atoms with Crippen molar-refractivity contribution in [2.45, 2.75) is 44.2 Å². The smallest absolute Gasteiger partial charge is 0.0370 e. The van der Waals surface area contributed by atoms with Crippen molar-refractivity contribution in [2.75, 3.05) is 32.7 Å². The molecular formula is C18H29N3. The van der Waals surface area contributed by atoms with E-state index in [1.165, 1.54) is 44.6 Å². The van der Waals surface area contributed by atoms with Crippen LogP contribution in [0.15, 0.2) is 30.3 Å². The molecule has 2 atom stereocenters. The number of benzene rings is 1. The van der Waals surface area contributed by atoms with Crippen molar-refractivity contribution in [1.82, 2.24) is 9.80 Å². The van der Waals surface area contributed by atoms with Gasteiger partial charge in [0.15, 0.2) is 0 Å². The summed E-state index contributed by atoms with van der Waals surface area (Å²) in [6.07, 6.45) is 4.95. The molecule has 2 aliphatic heterocycles. The van der Waals surface area contributed by atoms with E-state index in [0.717, 1.165) is 25.4 Å². The van der Waals surface area contributed by atoms with Crippen LogP contribution in [0.25, 0.3) is 0 Å². The van der Waals surface area contributed by atoms with Gasteiger partial charge in [-0.25, -0.2) is 0 Å². The molecular weight excluding hydrogens is 258 g/mol. The van der Waals surface area contributed by atoms with Crippen LogP contribution in [-0.4, -0.2) is 54.1 Å². The molecule has 3 heteroatoms. The van der Waals surface area contributed by atoms with Crippen molar-refractivity contribution in [3.8, 4) is 0 Å². The van der Waals surface area contributed by atoms with Gasteiger partial charge in [-0.05, 0) is 37.8 Å². The maximum Gasteiger partial charge on any atom is 0.0370 e. The van der Waals surface area contributed by atoms with Crippen LogP contribution in [0.2, 0.25) is 0 Å². The summed E-state index contributed by atoms with van der Waals surface area (Å²) in [6.45, 7) is 7.97. The first-order chi connectivity index (χ1) is 10.3. The van der Waals surface area contributed by atoms with E-state index in [1.54, 1.807) is 0 Å². The minimum Gasteiger partial charge on any atom is -0.329 e. The van der Waals surface area contributed by atoms with Gasteiger partial charge in [0.05, 0.1) is 0 Å². The lowest BCUT2D eigenvalue weighted by Gasteiger charge is -2.49. The molecule has 116 valence electrons. The molecule has 2 N–H and O–H groups in total.